The maximum Gasteiger partial charge on any atom is 0.296 e. The molecule has 1 aromatic carbocycles. The van der Waals surface area contributed by atoms with Gasteiger partial charge in [0.25, 0.3) is 5.91 Å². The number of anilines is 1. The topological polar surface area (TPSA) is 126 Å². The van der Waals surface area contributed by atoms with Crippen molar-refractivity contribution in [2.24, 2.45) is 0 Å². The number of aromatic hydroxyl groups is 1. The van der Waals surface area contributed by atoms with Gasteiger partial charge in [-0.05, 0) is 54.4 Å². The molecule has 2 N–H and O–H groups in total. The Kier molecular flexibility index (Phi) is 5.77. The van der Waals surface area contributed by atoms with Crippen LogP contribution in [0.1, 0.15) is 37.0 Å². The summed E-state index contributed by atoms with van der Waals surface area (Å²) in [5, 5.41) is 30.6. The van der Waals surface area contributed by atoms with Crippen LogP contribution >= 0.6 is 38.6 Å². The first kappa shape index (κ1) is 22.4. The molecule has 4 rings (SSSR count). The molecule has 0 saturated carbocycles. The lowest BCUT2D eigenvalue weighted by Crippen LogP contribution is -2.31. The number of aliphatic hydroxyl groups excluding tert-OH is 1. The molecule has 0 bridgehead atoms. The van der Waals surface area contributed by atoms with Gasteiger partial charge in [-0.15, -0.1) is 21.5 Å². The summed E-state index contributed by atoms with van der Waals surface area (Å²) in [7, 11) is 1.39. The Morgan fingerprint density at radius 3 is 2.44 bits per heavy atom. The van der Waals surface area contributed by atoms with Gasteiger partial charge in [0.05, 0.1) is 38.8 Å². The SMILES string of the molecule is COc1cc(C2C(C(=O)c3sc(C)nc3C)=C(O)C(=O)N2c2nnc(C)s2)cc(Br)c1O. The number of benzene rings is 1. The van der Waals surface area contributed by atoms with E-state index in [0.29, 0.717) is 30.6 Å². The Morgan fingerprint density at radius 1 is 1.16 bits per heavy atom. The lowest BCUT2D eigenvalue weighted by molar-refractivity contribution is -0.117. The first-order chi connectivity index (χ1) is 15.1. The highest BCUT2D eigenvalue weighted by molar-refractivity contribution is 9.10. The van der Waals surface area contributed by atoms with Gasteiger partial charge in [-0.25, -0.2) is 4.98 Å². The van der Waals surface area contributed by atoms with E-state index in [9.17, 15) is 19.8 Å². The largest absolute Gasteiger partial charge is 0.503 e. The number of amides is 1. The van der Waals surface area contributed by atoms with Crippen LogP contribution in [0.4, 0.5) is 5.13 Å². The third kappa shape index (κ3) is 3.57. The van der Waals surface area contributed by atoms with E-state index in [0.717, 1.165) is 11.3 Å². The average molecular weight is 537 g/mol. The van der Waals surface area contributed by atoms with Gasteiger partial charge in [0, 0.05) is 0 Å². The van der Waals surface area contributed by atoms with Crippen LogP contribution in [0.15, 0.2) is 27.9 Å². The fraction of sp³-hybridized carbons (Fsp3) is 0.250. The van der Waals surface area contributed by atoms with Crippen LogP contribution in [0.25, 0.3) is 0 Å². The average Bonchev–Trinajstić information content (AvgIpc) is 3.39. The summed E-state index contributed by atoms with van der Waals surface area (Å²) in [5.74, 6) is -1.93. The fourth-order valence-electron chi connectivity index (χ4n) is 3.50. The lowest BCUT2D eigenvalue weighted by Gasteiger charge is -2.24. The third-order valence-electron chi connectivity index (χ3n) is 4.87. The van der Waals surface area contributed by atoms with E-state index < -0.39 is 23.5 Å². The Labute approximate surface area is 199 Å². The minimum Gasteiger partial charge on any atom is -0.503 e. The van der Waals surface area contributed by atoms with E-state index >= 15 is 0 Å². The summed E-state index contributed by atoms with van der Waals surface area (Å²) in [6.07, 6.45) is 0. The monoisotopic (exact) mass is 536 g/mol. The number of aliphatic hydroxyl groups is 1. The van der Waals surface area contributed by atoms with E-state index in [1.807, 2.05) is 0 Å². The van der Waals surface area contributed by atoms with Crippen LogP contribution in [0.3, 0.4) is 0 Å². The second kappa shape index (κ2) is 8.26. The number of carbonyl (C=O) groups excluding carboxylic acids is 2. The zero-order valence-electron chi connectivity index (χ0n) is 17.3. The number of ketones is 1. The molecular weight excluding hydrogens is 520 g/mol. The number of aryl methyl sites for hydroxylation is 3. The quantitative estimate of drug-likeness (QED) is 0.465. The van der Waals surface area contributed by atoms with Crippen LogP contribution in [0, 0.1) is 20.8 Å². The predicted molar refractivity (Wildman–Crippen MR) is 123 cm³/mol. The van der Waals surface area contributed by atoms with Gasteiger partial charge in [0.2, 0.25) is 10.9 Å². The van der Waals surface area contributed by atoms with Crippen LogP contribution in [-0.2, 0) is 4.79 Å². The van der Waals surface area contributed by atoms with Gasteiger partial charge in [-0.1, -0.05) is 11.3 Å². The number of hydrogen-bond donors (Lipinski definition) is 2. The molecule has 1 amide bonds. The van der Waals surface area contributed by atoms with Crippen molar-refractivity contribution >= 4 is 55.4 Å². The molecule has 32 heavy (non-hydrogen) atoms. The Hall–Kier alpha value is -2.83. The second-order valence-electron chi connectivity index (χ2n) is 6.97. The first-order valence-electron chi connectivity index (χ1n) is 9.26. The highest BCUT2D eigenvalue weighted by atomic mass is 79.9. The molecular formula is C20H17BrN4O5S2. The maximum atomic E-state index is 13.6. The van der Waals surface area contributed by atoms with Gasteiger partial charge in [-0.2, -0.15) is 0 Å². The molecule has 166 valence electrons. The summed E-state index contributed by atoms with van der Waals surface area (Å²) in [5.41, 5.74) is 0.840. The van der Waals surface area contributed by atoms with Crippen molar-refractivity contribution in [1.29, 1.82) is 0 Å². The molecule has 1 unspecified atom stereocenters. The number of phenolic OH excluding ortho intramolecular Hbond substituents is 1. The van der Waals surface area contributed by atoms with Crippen molar-refractivity contribution in [1.82, 2.24) is 15.2 Å². The molecule has 1 aliphatic rings. The third-order valence-corrected chi connectivity index (χ3v) is 7.38. The number of hydrogen-bond acceptors (Lipinski definition) is 10. The van der Waals surface area contributed by atoms with Crippen molar-refractivity contribution < 1.29 is 24.5 Å². The summed E-state index contributed by atoms with van der Waals surface area (Å²) in [4.78, 5) is 32.6. The Bertz CT molecular complexity index is 1300. The zero-order valence-corrected chi connectivity index (χ0v) is 20.6. The molecule has 1 aliphatic heterocycles. The second-order valence-corrected chi connectivity index (χ2v) is 10.2. The summed E-state index contributed by atoms with van der Waals surface area (Å²) >= 11 is 5.63. The smallest absolute Gasteiger partial charge is 0.296 e. The fourth-order valence-corrected chi connectivity index (χ4v) is 5.55. The summed E-state index contributed by atoms with van der Waals surface area (Å²) in [6.45, 7) is 5.21. The summed E-state index contributed by atoms with van der Waals surface area (Å²) in [6, 6.07) is 2.05. The number of ether oxygens (including phenoxy) is 1. The van der Waals surface area contributed by atoms with Gasteiger partial charge in [-0.3, -0.25) is 14.5 Å². The molecule has 0 fully saturated rings. The van der Waals surface area contributed by atoms with Crippen LogP contribution in [0.2, 0.25) is 0 Å². The van der Waals surface area contributed by atoms with Gasteiger partial charge >= 0.3 is 0 Å². The molecule has 0 aliphatic carbocycles. The molecule has 3 heterocycles. The minimum absolute atomic E-state index is 0.103. The zero-order chi connectivity index (χ0) is 23.3. The number of nitrogens with zero attached hydrogens (tertiary/aromatic N) is 4. The van der Waals surface area contributed by atoms with E-state index in [2.05, 4.69) is 31.1 Å². The number of halogens is 1. The van der Waals surface area contributed by atoms with E-state index in [-0.39, 0.29) is 22.2 Å². The molecule has 12 heteroatoms. The van der Waals surface area contributed by atoms with Crippen molar-refractivity contribution in [2.45, 2.75) is 26.8 Å². The number of methoxy groups -OCH3 is 1. The van der Waals surface area contributed by atoms with Gasteiger partial charge in [0.1, 0.15) is 5.01 Å². The number of Topliss-reactive ketones (excluding diaryl/α,β-unsaturated/α-hetero) is 1. The van der Waals surface area contributed by atoms with Crippen LogP contribution < -0.4 is 9.64 Å². The predicted octanol–water partition coefficient (Wildman–Crippen LogP) is 4.18. The molecule has 9 nitrogen and oxygen atoms in total. The molecule has 2 aromatic heterocycles. The molecule has 0 saturated heterocycles. The molecule has 0 spiro atoms. The number of carbonyl (C=O) groups is 2. The highest BCUT2D eigenvalue weighted by Gasteiger charge is 2.47. The van der Waals surface area contributed by atoms with Gasteiger partial charge < -0.3 is 14.9 Å². The highest BCUT2D eigenvalue weighted by Crippen LogP contribution is 2.46. The van der Waals surface area contributed by atoms with Crippen molar-refractivity contribution in [2.75, 3.05) is 12.0 Å². The van der Waals surface area contributed by atoms with Crippen molar-refractivity contribution in [3.63, 3.8) is 0 Å². The van der Waals surface area contributed by atoms with E-state index in [4.69, 9.17) is 4.74 Å². The molecule has 0 radical (unpaired) electrons. The minimum atomic E-state index is -1.02. The number of aromatic nitrogens is 3. The number of rotatable bonds is 5. The Balaban J connectivity index is 1.95. The maximum absolute atomic E-state index is 13.6. The van der Waals surface area contributed by atoms with Crippen LogP contribution in [0.5, 0.6) is 11.5 Å². The van der Waals surface area contributed by atoms with Crippen molar-refractivity contribution in [3.8, 4) is 11.5 Å². The molecule has 3 aromatic rings. The van der Waals surface area contributed by atoms with Crippen molar-refractivity contribution in [3.05, 3.63) is 54.1 Å². The first-order valence-corrected chi connectivity index (χ1v) is 11.7. The van der Waals surface area contributed by atoms with E-state index in [1.165, 1.54) is 29.4 Å². The standard InChI is InChI=1S/C20H17BrN4O5S2/c1-7-18(31-8(2)22-7)16(27)13-14(10-5-11(21)15(26)12(6-10)30-4)25(19(29)17(13)28)20-24-23-9(3)32-20/h5-6,14,26,28H,1-4H3. The Morgan fingerprint density at radius 2 is 1.88 bits per heavy atom. The lowest BCUT2D eigenvalue weighted by atomic mass is 9.95. The summed E-state index contributed by atoms with van der Waals surface area (Å²) < 4.78 is 5.55. The normalized spacial score (nSPS) is 16.2. The van der Waals surface area contributed by atoms with E-state index in [1.54, 1.807) is 26.8 Å². The number of thiazole rings is 1. The van der Waals surface area contributed by atoms with Crippen LogP contribution in [-0.4, -0.2) is 44.2 Å². The van der Waals surface area contributed by atoms with Gasteiger partial charge in [0.15, 0.2) is 17.3 Å². The molecule has 1 atom stereocenters. The number of phenols is 1.